The molecule has 1 amide bonds. The van der Waals surface area contributed by atoms with Gasteiger partial charge in [-0.2, -0.15) is 0 Å². The molecule has 0 aliphatic carbocycles. The quantitative estimate of drug-likeness (QED) is 0.614. The Bertz CT molecular complexity index is 506. The average molecular weight is 344 g/mol. The summed E-state index contributed by atoms with van der Waals surface area (Å²) in [6.07, 6.45) is 0. The number of hydrogen-bond donors (Lipinski definition) is 2. The first-order chi connectivity index (χ1) is 9.31. The lowest BCUT2D eigenvalue weighted by molar-refractivity contribution is -0.384. The first-order valence-corrected chi connectivity index (χ1v) is 7.08. The second-order valence-corrected chi connectivity index (χ2v) is 5.84. The van der Waals surface area contributed by atoms with E-state index in [9.17, 15) is 14.9 Å². The highest BCUT2D eigenvalue weighted by molar-refractivity contribution is 9.10. The van der Waals surface area contributed by atoms with Crippen LogP contribution in [-0.2, 0) is 4.79 Å². The fourth-order valence-corrected chi connectivity index (χ4v) is 1.88. The van der Waals surface area contributed by atoms with Gasteiger partial charge in [-0.25, -0.2) is 0 Å². The molecule has 0 fully saturated rings. The van der Waals surface area contributed by atoms with Gasteiger partial charge < -0.3 is 10.6 Å². The maximum Gasteiger partial charge on any atom is 0.293 e. The molecule has 1 rings (SSSR count). The van der Waals surface area contributed by atoms with Crippen LogP contribution in [0.1, 0.15) is 20.8 Å². The summed E-state index contributed by atoms with van der Waals surface area (Å²) in [5.41, 5.74) is 0.258. The zero-order valence-electron chi connectivity index (χ0n) is 11.6. The van der Waals surface area contributed by atoms with E-state index in [-0.39, 0.29) is 11.6 Å². The second-order valence-electron chi connectivity index (χ2n) is 4.92. The molecule has 2 N–H and O–H groups in total. The van der Waals surface area contributed by atoms with E-state index in [2.05, 4.69) is 26.6 Å². The number of anilines is 1. The Morgan fingerprint density at radius 3 is 2.60 bits per heavy atom. The molecule has 0 spiro atoms. The summed E-state index contributed by atoms with van der Waals surface area (Å²) in [7, 11) is 0. The van der Waals surface area contributed by atoms with E-state index in [4.69, 9.17) is 0 Å². The van der Waals surface area contributed by atoms with Crippen molar-refractivity contribution in [3.05, 3.63) is 32.8 Å². The fourth-order valence-electron chi connectivity index (χ4n) is 1.53. The van der Waals surface area contributed by atoms with Crippen molar-refractivity contribution in [1.82, 2.24) is 5.32 Å². The molecule has 6 nitrogen and oxygen atoms in total. The summed E-state index contributed by atoms with van der Waals surface area (Å²) in [6, 6.07) is 4.12. The van der Waals surface area contributed by atoms with Crippen LogP contribution in [-0.4, -0.2) is 23.4 Å². The Hall–Kier alpha value is -1.63. The van der Waals surface area contributed by atoms with E-state index in [1.807, 2.05) is 13.8 Å². The molecular weight excluding hydrogens is 326 g/mol. The maximum atomic E-state index is 11.8. The van der Waals surface area contributed by atoms with Gasteiger partial charge in [0, 0.05) is 17.1 Å². The molecular formula is C13H18BrN3O3. The SMILES string of the molecule is CC(C)CNC(=O)C(C)Nc1ccc(Br)cc1[N+](=O)[O-]. The van der Waals surface area contributed by atoms with Crippen molar-refractivity contribution in [2.75, 3.05) is 11.9 Å². The molecule has 7 heteroatoms. The summed E-state index contributed by atoms with van der Waals surface area (Å²) < 4.78 is 0.617. The number of benzene rings is 1. The van der Waals surface area contributed by atoms with E-state index in [1.165, 1.54) is 6.07 Å². The van der Waals surface area contributed by atoms with E-state index in [1.54, 1.807) is 19.1 Å². The van der Waals surface area contributed by atoms with Crippen LogP contribution in [0.15, 0.2) is 22.7 Å². The van der Waals surface area contributed by atoms with Crippen molar-refractivity contribution < 1.29 is 9.72 Å². The molecule has 0 heterocycles. The number of amides is 1. The Balaban J connectivity index is 2.77. The Kier molecular flexibility index (Phi) is 5.94. The normalized spacial score (nSPS) is 12.1. The highest BCUT2D eigenvalue weighted by Crippen LogP contribution is 2.28. The van der Waals surface area contributed by atoms with Gasteiger partial charge in [0.25, 0.3) is 5.69 Å². The number of carbonyl (C=O) groups excluding carboxylic acids is 1. The van der Waals surface area contributed by atoms with Crippen LogP contribution in [0.3, 0.4) is 0 Å². The molecule has 0 aromatic heterocycles. The van der Waals surface area contributed by atoms with Gasteiger partial charge in [0.15, 0.2) is 0 Å². The third-order valence-electron chi connectivity index (χ3n) is 2.61. The van der Waals surface area contributed by atoms with Gasteiger partial charge in [-0.1, -0.05) is 29.8 Å². The standard InChI is InChI=1S/C13H18BrN3O3/c1-8(2)7-15-13(18)9(3)16-11-5-4-10(14)6-12(11)17(19)20/h4-6,8-9,16H,7H2,1-3H3,(H,15,18). The average Bonchev–Trinajstić information content (AvgIpc) is 2.37. The summed E-state index contributed by atoms with van der Waals surface area (Å²) in [6.45, 7) is 6.24. The predicted molar refractivity (Wildman–Crippen MR) is 81.7 cm³/mol. The molecule has 0 radical (unpaired) electrons. The topological polar surface area (TPSA) is 84.3 Å². The summed E-state index contributed by atoms with van der Waals surface area (Å²) in [5.74, 6) is 0.170. The first kappa shape index (κ1) is 16.4. The predicted octanol–water partition coefficient (Wildman–Crippen LogP) is 2.93. The Labute approximate surface area is 126 Å². The zero-order chi connectivity index (χ0) is 15.3. The van der Waals surface area contributed by atoms with Crippen molar-refractivity contribution in [3.8, 4) is 0 Å². The van der Waals surface area contributed by atoms with Gasteiger partial charge in [0.2, 0.25) is 5.91 Å². The smallest absolute Gasteiger partial charge is 0.293 e. The molecule has 0 saturated heterocycles. The first-order valence-electron chi connectivity index (χ1n) is 6.29. The number of nitro groups is 1. The van der Waals surface area contributed by atoms with Gasteiger partial charge in [-0.15, -0.1) is 0 Å². The second kappa shape index (κ2) is 7.23. The van der Waals surface area contributed by atoms with E-state index >= 15 is 0 Å². The molecule has 1 atom stereocenters. The molecule has 20 heavy (non-hydrogen) atoms. The molecule has 1 unspecified atom stereocenters. The molecule has 0 saturated carbocycles. The lowest BCUT2D eigenvalue weighted by atomic mass is 10.2. The van der Waals surface area contributed by atoms with Gasteiger partial charge in [-0.05, 0) is 25.0 Å². The van der Waals surface area contributed by atoms with Gasteiger partial charge in [-0.3, -0.25) is 14.9 Å². The van der Waals surface area contributed by atoms with E-state index < -0.39 is 11.0 Å². The minimum Gasteiger partial charge on any atom is -0.368 e. The number of nitrogens with zero attached hydrogens (tertiary/aromatic N) is 1. The fraction of sp³-hybridized carbons (Fsp3) is 0.462. The van der Waals surface area contributed by atoms with Crippen molar-refractivity contribution in [2.45, 2.75) is 26.8 Å². The number of nitrogens with one attached hydrogen (secondary N) is 2. The van der Waals surface area contributed by atoms with Crippen molar-refractivity contribution in [1.29, 1.82) is 0 Å². The van der Waals surface area contributed by atoms with Crippen molar-refractivity contribution in [3.63, 3.8) is 0 Å². The zero-order valence-corrected chi connectivity index (χ0v) is 13.2. The lowest BCUT2D eigenvalue weighted by Crippen LogP contribution is -2.39. The third kappa shape index (κ3) is 4.80. The molecule has 0 aliphatic heterocycles. The largest absolute Gasteiger partial charge is 0.368 e. The minimum atomic E-state index is -0.548. The van der Waals surface area contributed by atoms with E-state index in [0.717, 1.165) is 0 Å². The third-order valence-corrected chi connectivity index (χ3v) is 3.10. The molecule has 1 aromatic rings. The van der Waals surface area contributed by atoms with Crippen LogP contribution in [0.4, 0.5) is 11.4 Å². The van der Waals surface area contributed by atoms with Crippen LogP contribution >= 0.6 is 15.9 Å². The van der Waals surface area contributed by atoms with Gasteiger partial charge >= 0.3 is 0 Å². The Morgan fingerprint density at radius 2 is 2.05 bits per heavy atom. The monoisotopic (exact) mass is 343 g/mol. The highest BCUT2D eigenvalue weighted by Gasteiger charge is 2.19. The molecule has 0 aliphatic rings. The summed E-state index contributed by atoms with van der Waals surface area (Å²) >= 11 is 3.19. The van der Waals surface area contributed by atoms with Crippen molar-refractivity contribution >= 4 is 33.2 Å². The van der Waals surface area contributed by atoms with E-state index in [0.29, 0.717) is 22.6 Å². The van der Waals surface area contributed by atoms with Crippen LogP contribution < -0.4 is 10.6 Å². The summed E-state index contributed by atoms with van der Waals surface area (Å²) in [5, 5.41) is 16.6. The lowest BCUT2D eigenvalue weighted by Gasteiger charge is -2.16. The number of nitro benzene ring substituents is 1. The van der Waals surface area contributed by atoms with Gasteiger partial charge in [0.1, 0.15) is 11.7 Å². The number of rotatable bonds is 6. The highest BCUT2D eigenvalue weighted by atomic mass is 79.9. The molecule has 0 bridgehead atoms. The minimum absolute atomic E-state index is 0.0668. The van der Waals surface area contributed by atoms with Gasteiger partial charge in [0.05, 0.1) is 4.92 Å². The molecule has 110 valence electrons. The summed E-state index contributed by atoms with van der Waals surface area (Å²) in [4.78, 5) is 22.4. The number of carbonyl (C=O) groups is 1. The molecule has 1 aromatic carbocycles. The number of halogens is 1. The van der Waals surface area contributed by atoms with Crippen LogP contribution in [0.25, 0.3) is 0 Å². The maximum absolute atomic E-state index is 11.8. The Morgan fingerprint density at radius 1 is 1.40 bits per heavy atom. The van der Waals surface area contributed by atoms with Crippen LogP contribution in [0.5, 0.6) is 0 Å². The van der Waals surface area contributed by atoms with Crippen molar-refractivity contribution in [2.24, 2.45) is 5.92 Å². The van der Waals surface area contributed by atoms with Crippen LogP contribution in [0, 0.1) is 16.0 Å². The number of hydrogen-bond acceptors (Lipinski definition) is 4. The van der Waals surface area contributed by atoms with Crippen LogP contribution in [0.2, 0.25) is 0 Å².